The van der Waals surface area contributed by atoms with Gasteiger partial charge in [-0.3, -0.25) is 24.1 Å². The van der Waals surface area contributed by atoms with E-state index in [0.29, 0.717) is 25.1 Å². The zero-order valence-corrected chi connectivity index (χ0v) is 21.2. The number of ketones is 1. The van der Waals surface area contributed by atoms with E-state index in [2.05, 4.69) is 19.2 Å². The Bertz CT molecular complexity index is 624. The Morgan fingerprint density at radius 2 is 1.75 bits per heavy atom. The molecular weight excluding hydrogens is 426 g/mol. The van der Waals surface area contributed by atoms with E-state index in [1.165, 1.54) is 29.5 Å². The molecule has 7 nitrogen and oxygen atoms in total. The van der Waals surface area contributed by atoms with Crippen LogP contribution in [0.5, 0.6) is 0 Å². The zero-order chi connectivity index (χ0) is 24.1. The fourth-order valence-electron chi connectivity index (χ4n) is 3.65. The molecule has 1 unspecified atom stereocenters. The molecule has 1 aliphatic rings. The van der Waals surface area contributed by atoms with Gasteiger partial charge in [-0.1, -0.05) is 53.4 Å². The normalized spacial score (nSPS) is 17.5. The number of rotatable bonds is 17. The first-order valence-electron chi connectivity index (χ1n) is 12.1. The van der Waals surface area contributed by atoms with E-state index in [0.717, 1.165) is 38.1 Å². The van der Waals surface area contributed by atoms with E-state index >= 15 is 0 Å². The van der Waals surface area contributed by atoms with E-state index < -0.39 is 11.3 Å². The number of hydrogen-bond acceptors (Lipinski definition) is 6. The number of thioether (sulfide) groups is 1. The van der Waals surface area contributed by atoms with Crippen molar-refractivity contribution in [2.45, 2.75) is 96.8 Å². The van der Waals surface area contributed by atoms with Crippen LogP contribution in [-0.4, -0.2) is 58.5 Å². The number of unbranched alkanes of at least 4 members (excludes halogenated alkanes) is 4. The van der Waals surface area contributed by atoms with Gasteiger partial charge < -0.3 is 11.1 Å². The molecule has 184 valence electrons. The number of Topliss-reactive ketones (excluding diaryl/α,β-unsaturated/α-hetero) is 1. The van der Waals surface area contributed by atoms with Crippen LogP contribution in [0.15, 0.2) is 0 Å². The van der Waals surface area contributed by atoms with Crippen LogP contribution in [0.1, 0.15) is 85.5 Å². The lowest BCUT2D eigenvalue weighted by atomic mass is 10.0. The summed E-state index contributed by atoms with van der Waals surface area (Å²) in [6, 6.07) is -0.608. The summed E-state index contributed by atoms with van der Waals surface area (Å²) < 4.78 is 0. The molecule has 0 aromatic heterocycles. The van der Waals surface area contributed by atoms with E-state index in [-0.39, 0.29) is 35.8 Å². The summed E-state index contributed by atoms with van der Waals surface area (Å²) in [7, 11) is 0. The van der Waals surface area contributed by atoms with E-state index in [9.17, 15) is 19.2 Å². The van der Waals surface area contributed by atoms with E-state index in [1.54, 1.807) is 13.8 Å². The predicted octanol–water partition coefficient (Wildman–Crippen LogP) is 3.29. The Hall–Kier alpha value is -1.41. The third-order valence-corrected chi connectivity index (χ3v) is 7.00. The maximum absolute atomic E-state index is 12.5. The number of imide groups is 1. The number of nitrogens with zero attached hydrogens (tertiary/aromatic N) is 1. The van der Waals surface area contributed by atoms with E-state index in [4.69, 9.17) is 5.73 Å². The zero-order valence-electron chi connectivity index (χ0n) is 20.4. The van der Waals surface area contributed by atoms with Crippen LogP contribution in [0.25, 0.3) is 0 Å². The van der Waals surface area contributed by atoms with Crippen LogP contribution in [0.2, 0.25) is 0 Å². The van der Waals surface area contributed by atoms with Crippen molar-refractivity contribution in [3.8, 4) is 0 Å². The summed E-state index contributed by atoms with van der Waals surface area (Å²) in [5, 5.41) is 2.52. The lowest BCUT2D eigenvalue weighted by molar-refractivity contribution is -0.138. The molecule has 1 saturated heterocycles. The second-order valence-electron chi connectivity index (χ2n) is 9.48. The smallest absolute Gasteiger partial charge is 0.242 e. The van der Waals surface area contributed by atoms with Gasteiger partial charge in [-0.15, -0.1) is 11.8 Å². The Morgan fingerprint density at radius 1 is 1.06 bits per heavy atom. The maximum Gasteiger partial charge on any atom is 0.242 e. The van der Waals surface area contributed by atoms with Crippen molar-refractivity contribution < 1.29 is 19.2 Å². The van der Waals surface area contributed by atoms with Crippen molar-refractivity contribution in [3.05, 3.63) is 0 Å². The molecule has 0 saturated carbocycles. The van der Waals surface area contributed by atoms with Crippen LogP contribution in [0, 0.1) is 11.8 Å². The topological polar surface area (TPSA) is 110 Å². The number of nitrogens with one attached hydrogen (secondary N) is 1. The maximum atomic E-state index is 12.5. The lowest BCUT2D eigenvalue weighted by Gasteiger charge is -2.16. The monoisotopic (exact) mass is 469 g/mol. The molecule has 0 spiro atoms. The molecule has 0 aliphatic carbocycles. The number of carbonyl (C=O) groups excluding carboxylic acids is 4. The highest BCUT2D eigenvalue weighted by molar-refractivity contribution is 8.00. The minimum Gasteiger partial charge on any atom is -0.356 e. The third kappa shape index (κ3) is 10.9. The van der Waals surface area contributed by atoms with Gasteiger partial charge in [-0.25, -0.2) is 0 Å². The van der Waals surface area contributed by atoms with Gasteiger partial charge in [-0.2, -0.15) is 0 Å². The Balaban J connectivity index is 2.16. The average molecular weight is 470 g/mol. The summed E-state index contributed by atoms with van der Waals surface area (Å²) in [5.74, 6) is 0.651. The molecule has 1 heterocycles. The third-order valence-electron chi connectivity index (χ3n) is 5.68. The van der Waals surface area contributed by atoms with Gasteiger partial charge in [0.1, 0.15) is 0 Å². The summed E-state index contributed by atoms with van der Waals surface area (Å²) in [5.41, 5.74) is 5.90. The summed E-state index contributed by atoms with van der Waals surface area (Å²) in [6.45, 7) is 9.18. The largest absolute Gasteiger partial charge is 0.356 e. The highest BCUT2D eigenvalue weighted by atomic mass is 32.2. The molecule has 3 N–H and O–H groups in total. The molecule has 1 fully saturated rings. The van der Waals surface area contributed by atoms with Gasteiger partial charge in [0.05, 0.1) is 11.3 Å². The van der Waals surface area contributed by atoms with Crippen molar-refractivity contribution >= 4 is 35.3 Å². The van der Waals surface area contributed by atoms with Gasteiger partial charge in [0.15, 0.2) is 5.78 Å². The fraction of sp³-hybridized carbons (Fsp3) is 0.833. The quantitative estimate of drug-likeness (QED) is 0.250. The molecule has 1 aliphatic heterocycles. The molecule has 2 atom stereocenters. The molecule has 8 heteroatoms. The molecule has 0 bridgehead atoms. The van der Waals surface area contributed by atoms with Crippen molar-refractivity contribution in [2.24, 2.45) is 17.6 Å². The molecule has 0 aromatic rings. The minimum absolute atomic E-state index is 0.0266. The number of nitrogens with two attached hydrogens (primary N) is 1. The number of likely N-dealkylation sites (tertiary alicyclic amines) is 1. The molecular formula is C24H43N3O4S. The first kappa shape index (κ1) is 28.6. The van der Waals surface area contributed by atoms with Gasteiger partial charge in [0.25, 0.3) is 0 Å². The highest BCUT2D eigenvalue weighted by Gasteiger charge is 2.38. The van der Waals surface area contributed by atoms with Crippen LogP contribution < -0.4 is 11.1 Å². The molecule has 3 amide bonds. The molecule has 0 radical (unpaired) electrons. The number of hydrogen-bond donors (Lipinski definition) is 2. The summed E-state index contributed by atoms with van der Waals surface area (Å²) >= 11 is 1.30. The summed E-state index contributed by atoms with van der Waals surface area (Å²) in [6.07, 6.45) is 7.51. The Morgan fingerprint density at radius 3 is 2.41 bits per heavy atom. The van der Waals surface area contributed by atoms with Crippen molar-refractivity contribution in [2.75, 3.05) is 18.8 Å². The van der Waals surface area contributed by atoms with Gasteiger partial charge in [0, 0.05) is 37.6 Å². The number of amides is 3. The first-order chi connectivity index (χ1) is 15.1. The highest BCUT2D eigenvalue weighted by Crippen LogP contribution is 2.26. The fourth-order valence-corrected chi connectivity index (χ4v) is 4.79. The standard InChI is InChI=1S/C24H43N3O4S/c1-17(2)11-7-5-9-13-26-21(28)12-8-6-10-14-27-22(29)15-20(24(27)31)32-16-19(25)23(30)18(3)4/h17-20H,5-16,25H2,1-4H3,(H,26,28)/t19-,20?/m0/s1. The lowest BCUT2D eigenvalue weighted by Crippen LogP contribution is -2.37. The number of carbonyl (C=O) groups is 4. The van der Waals surface area contributed by atoms with Crippen LogP contribution in [-0.2, 0) is 19.2 Å². The minimum atomic E-state index is -0.608. The van der Waals surface area contributed by atoms with Crippen molar-refractivity contribution in [3.63, 3.8) is 0 Å². The van der Waals surface area contributed by atoms with Crippen LogP contribution >= 0.6 is 11.8 Å². The van der Waals surface area contributed by atoms with Gasteiger partial charge >= 0.3 is 0 Å². The second-order valence-corrected chi connectivity index (χ2v) is 10.7. The Kier molecular flexibility index (Phi) is 13.8. The van der Waals surface area contributed by atoms with Gasteiger partial charge in [-0.05, 0) is 25.2 Å². The molecule has 0 aromatic carbocycles. The molecule has 1 rings (SSSR count). The van der Waals surface area contributed by atoms with Crippen LogP contribution in [0.4, 0.5) is 0 Å². The Labute approximate surface area is 198 Å². The summed E-state index contributed by atoms with van der Waals surface area (Å²) in [4.78, 5) is 49.9. The average Bonchev–Trinajstić information content (AvgIpc) is 3.00. The predicted molar refractivity (Wildman–Crippen MR) is 130 cm³/mol. The first-order valence-corrected chi connectivity index (χ1v) is 13.2. The van der Waals surface area contributed by atoms with E-state index in [1.807, 2.05) is 0 Å². The van der Waals surface area contributed by atoms with Crippen molar-refractivity contribution in [1.82, 2.24) is 10.2 Å². The van der Waals surface area contributed by atoms with Gasteiger partial charge in [0.2, 0.25) is 17.7 Å². The SMILES string of the molecule is CC(C)CCCCCNC(=O)CCCCCN1C(=O)CC(SC[C@H](N)C(=O)C(C)C)C1=O. The van der Waals surface area contributed by atoms with Crippen molar-refractivity contribution in [1.29, 1.82) is 0 Å². The van der Waals surface area contributed by atoms with Crippen LogP contribution in [0.3, 0.4) is 0 Å². The molecule has 32 heavy (non-hydrogen) atoms. The second kappa shape index (κ2) is 15.4.